The van der Waals surface area contributed by atoms with Crippen molar-refractivity contribution in [1.82, 2.24) is 15.4 Å². The number of aryl methyl sites for hydroxylation is 1. The number of aromatic hydroxyl groups is 1. The molecule has 8 heteroatoms. The average molecular weight is 415 g/mol. The molecule has 0 saturated carbocycles. The highest BCUT2D eigenvalue weighted by molar-refractivity contribution is 9.10. The van der Waals surface area contributed by atoms with E-state index in [1.807, 2.05) is 12.1 Å². The van der Waals surface area contributed by atoms with Crippen molar-refractivity contribution in [3.63, 3.8) is 0 Å². The van der Waals surface area contributed by atoms with E-state index < -0.39 is 0 Å². The number of nitrogens with one attached hydrogen (secondary N) is 2. The SMILES string of the molecule is O=C(CCc1nc2ccccc2[nH]c1=O)N/N=C/c1cc(Br)ccc1O. The summed E-state index contributed by atoms with van der Waals surface area (Å²) < 4.78 is 0.782. The molecular weight excluding hydrogens is 400 g/mol. The number of rotatable bonds is 5. The molecule has 3 N–H and O–H groups in total. The number of carbonyl (C=O) groups excluding carboxylic acids is 1. The highest BCUT2D eigenvalue weighted by Gasteiger charge is 2.08. The molecular formula is C18H15BrN4O3. The number of hydrazone groups is 1. The zero-order valence-corrected chi connectivity index (χ0v) is 15.2. The Bertz CT molecular complexity index is 1050. The number of carbonyl (C=O) groups is 1. The number of H-pyrrole nitrogens is 1. The van der Waals surface area contributed by atoms with Gasteiger partial charge < -0.3 is 10.1 Å². The second-order valence-electron chi connectivity index (χ2n) is 5.53. The van der Waals surface area contributed by atoms with E-state index in [4.69, 9.17) is 0 Å². The van der Waals surface area contributed by atoms with Gasteiger partial charge in [-0.2, -0.15) is 5.10 Å². The molecule has 1 heterocycles. The van der Waals surface area contributed by atoms with E-state index in [1.54, 1.807) is 24.3 Å². The number of benzene rings is 2. The fourth-order valence-electron chi connectivity index (χ4n) is 2.33. The summed E-state index contributed by atoms with van der Waals surface area (Å²) in [4.78, 5) is 30.9. The topological polar surface area (TPSA) is 107 Å². The van der Waals surface area contributed by atoms with Crippen LogP contribution in [0, 0.1) is 0 Å². The third kappa shape index (κ3) is 4.34. The van der Waals surface area contributed by atoms with Crippen molar-refractivity contribution in [2.75, 3.05) is 0 Å². The third-order valence-corrected chi connectivity index (χ3v) is 4.13. The Balaban J connectivity index is 1.61. The molecule has 26 heavy (non-hydrogen) atoms. The first-order chi connectivity index (χ1) is 12.5. The number of aromatic nitrogens is 2. The Morgan fingerprint density at radius 1 is 1.31 bits per heavy atom. The number of fused-ring (bicyclic) bond motifs is 1. The normalized spacial score (nSPS) is 11.1. The van der Waals surface area contributed by atoms with Crippen LogP contribution in [0.15, 0.2) is 56.8 Å². The molecule has 0 saturated heterocycles. The summed E-state index contributed by atoms with van der Waals surface area (Å²) in [6, 6.07) is 12.1. The predicted molar refractivity (Wildman–Crippen MR) is 102 cm³/mol. The molecule has 1 amide bonds. The average Bonchev–Trinajstić information content (AvgIpc) is 2.63. The van der Waals surface area contributed by atoms with E-state index >= 15 is 0 Å². The van der Waals surface area contributed by atoms with E-state index in [1.165, 1.54) is 12.3 Å². The Labute approximate surface area is 156 Å². The zero-order chi connectivity index (χ0) is 18.5. The van der Waals surface area contributed by atoms with Crippen molar-refractivity contribution in [2.24, 2.45) is 5.10 Å². The van der Waals surface area contributed by atoms with E-state index in [2.05, 4.69) is 36.4 Å². The van der Waals surface area contributed by atoms with E-state index in [9.17, 15) is 14.7 Å². The van der Waals surface area contributed by atoms with Gasteiger partial charge in [0.05, 0.1) is 17.2 Å². The minimum absolute atomic E-state index is 0.0538. The number of hydrogen-bond donors (Lipinski definition) is 3. The summed E-state index contributed by atoms with van der Waals surface area (Å²) in [5.41, 5.74) is 4.15. The van der Waals surface area contributed by atoms with Crippen LogP contribution < -0.4 is 11.0 Å². The number of phenols is 1. The Hall–Kier alpha value is -3.00. The quantitative estimate of drug-likeness (QED) is 0.440. The lowest BCUT2D eigenvalue weighted by atomic mass is 10.2. The van der Waals surface area contributed by atoms with Crippen molar-refractivity contribution in [3.05, 3.63) is 68.5 Å². The number of amides is 1. The summed E-state index contributed by atoms with van der Waals surface area (Å²) in [5.74, 6) is -0.303. The molecule has 0 fully saturated rings. The highest BCUT2D eigenvalue weighted by Crippen LogP contribution is 2.19. The summed E-state index contributed by atoms with van der Waals surface area (Å²) in [6.45, 7) is 0. The molecule has 0 spiro atoms. The lowest BCUT2D eigenvalue weighted by Crippen LogP contribution is -2.21. The van der Waals surface area contributed by atoms with E-state index in [-0.39, 0.29) is 30.1 Å². The fraction of sp³-hybridized carbons (Fsp3) is 0.111. The Morgan fingerprint density at radius 3 is 2.96 bits per heavy atom. The van der Waals surface area contributed by atoms with Crippen LogP contribution in [0.4, 0.5) is 0 Å². The number of aromatic amines is 1. The van der Waals surface area contributed by atoms with E-state index in [0.29, 0.717) is 22.3 Å². The minimum atomic E-state index is -0.356. The molecule has 1 aromatic heterocycles. The van der Waals surface area contributed by atoms with Gasteiger partial charge in [-0.1, -0.05) is 28.1 Å². The lowest BCUT2D eigenvalue weighted by molar-refractivity contribution is -0.121. The maximum Gasteiger partial charge on any atom is 0.270 e. The van der Waals surface area contributed by atoms with Crippen molar-refractivity contribution >= 4 is 39.1 Å². The molecule has 0 atom stereocenters. The molecule has 3 rings (SSSR count). The standard InChI is InChI=1S/C18H15BrN4O3/c19-12-5-7-16(24)11(9-12)10-20-23-17(25)8-6-15-18(26)22-14-4-2-1-3-13(14)21-15/h1-5,7,9-10,24H,6,8H2,(H,22,26)(H,23,25)/b20-10+. The van der Waals surface area contributed by atoms with Crippen LogP contribution >= 0.6 is 15.9 Å². The summed E-state index contributed by atoms with van der Waals surface area (Å²) >= 11 is 3.29. The molecule has 2 aromatic carbocycles. The summed E-state index contributed by atoms with van der Waals surface area (Å²) in [6.07, 6.45) is 1.61. The second-order valence-corrected chi connectivity index (χ2v) is 6.44. The monoisotopic (exact) mass is 414 g/mol. The van der Waals surface area contributed by atoms with Gasteiger partial charge >= 0.3 is 0 Å². The smallest absolute Gasteiger partial charge is 0.270 e. The largest absolute Gasteiger partial charge is 0.507 e. The molecule has 0 unspecified atom stereocenters. The van der Waals surface area contributed by atoms with Gasteiger partial charge in [-0.3, -0.25) is 9.59 Å². The first-order valence-corrected chi connectivity index (χ1v) is 8.60. The third-order valence-electron chi connectivity index (χ3n) is 3.64. The van der Waals surface area contributed by atoms with Gasteiger partial charge in [0.2, 0.25) is 5.91 Å². The molecule has 0 aliphatic rings. The Morgan fingerprint density at radius 2 is 2.12 bits per heavy atom. The summed E-state index contributed by atoms with van der Waals surface area (Å²) in [5, 5.41) is 13.5. The lowest BCUT2D eigenvalue weighted by Gasteiger charge is -2.03. The molecule has 0 radical (unpaired) electrons. The van der Waals surface area contributed by atoms with Gasteiger partial charge in [0.1, 0.15) is 11.4 Å². The number of hydrogen-bond acceptors (Lipinski definition) is 5. The first kappa shape index (κ1) is 17.8. The fourth-order valence-corrected chi connectivity index (χ4v) is 2.71. The van der Waals surface area contributed by atoms with Gasteiger partial charge in [-0.15, -0.1) is 0 Å². The molecule has 0 bridgehead atoms. The number of halogens is 1. The van der Waals surface area contributed by atoms with Gasteiger partial charge in [-0.25, -0.2) is 10.4 Å². The number of phenolic OH excluding ortho intramolecular Hbond substituents is 1. The number of nitrogens with zero attached hydrogens (tertiary/aromatic N) is 2. The van der Waals surface area contributed by atoms with Crippen LogP contribution in [0.25, 0.3) is 11.0 Å². The van der Waals surface area contributed by atoms with Crippen LogP contribution in [-0.2, 0) is 11.2 Å². The molecule has 132 valence electrons. The predicted octanol–water partition coefficient (Wildman–Crippen LogP) is 2.47. The van der Waals surface area contributed by atoms with Gasteiger partial charge in [-0.05, 0) is 30.3 Å². The molecule has 0 aliphatic heterocycles. The summed E-state index contributed by atoms with van der Waals surface area (Å²) in [7, 11) is 0. The van der Waals surface area contributed by atoms with Gasteiger partial charge in [0.25, 0.3) is 5.56 Å². The molecule has 7 nitrogen and oxygen atoms in total. The van der Waals surface area contributed by atoms with Gasteiger partial charge in [0, 0.05) is 22.9 Å². The maximum absolute atomic E-state index is 12.0. The van der Waals surface area contributed by atoms with Crippen molar-refractivity contribution in [1.29, 1.82) is 0 Å². The van der Waals surface area contributed by atoms with Crippen molar-refractivity contribution in [2.45, 2.75) is 12.8 Å². The van der Waals surface area contributed by atoms with Crippen LogP contribution in [-0.4, -0.2) is 27.2 Å². The molecule has 3 aromatic rings. The Kier molecular flexibility index (Phi) is 5.43. The maximum atomic E-state index is 12.0. The minimum Gasteiger partial charge on any atom is -0.507 e. The zero-order valence-electron chi connectivity index (χ0n) is 13.6. The first-order valence-electron chi connectivity index (χ1n) is 7.81. The van der Waals surface area contributed by atoms with Crippen LogP contribution in [0.2, 0.25) is 0 Å². The van der Waals surface area contributed by atoms with Crippen molar-refractivity contribution < 1.29 is 9.90 Å². The van der Waals surface area contributed by atoms with Crippen LogP contribution in [0.3, 0.4) is 0 Å². The highest BCUT2D eigenvalue weighted by atomic mass is 79.9. The number of para-hydroxylation sites is 2. The van der Waals surface area contributed by atoms with Gasteiger partial charge in [0.15, 0.2) is 0 Å². The van der Waals surface area contributed by atoms with E-state index in [0.717, 1.165) is 4.47 Å². The van der Waals surface area contributed by atoms with Crippen molar-refractivity contribution in [3.8, 4) is 5.75 Å². The second kappa shape index (κ2) is 7.92. The van der Waals surface area contributed by atoms with Crippen LogP contribution in [0.1, 0.15) is 17.7 Å². The van der Waals surface area contributed by atoms with Crippen LogP contribution in [0.5, 0.6) is 5.75 Å². The molecule has 0 aliphatic carbocycles.